The van der Waals surface area contributed by atoms with E-state index in [9.17, 15) is 0 Å². The van der Waals surface area contributed by atoms with Crippen LogP contribution < -0.4 is 0 Å². The predicted molar refractivity (Wildman–Crippen MR) is 31.7 cm³/mol. The third kappa shape index (κ3) is 8.96. The molecule has 0 aliphatic carbocycles. The first kappa shape index (κ1) is 36.6. The molecule has 4 heteroatoms. The van der Waals surface area contributed by atoms with Gasteiger partial charge in [-0.2, -0.15) is 13.5 Å². The molecule has 0 aromatic heterocycles. The third-order valence-electron chi connectivity index (χ3n) is 0. The second kappa shape index (κ2) is 19.7. The van der Waals surface area contributed by atoms with Gasteiger partial charge in [-0.1, -0.05) is 0 Å². The Labute approximate surface area is 69.1 Å². The molecule has 0 spiro atoms. The van der Waals surface area contributed by atoms with Gasteiger partial charge in [0.25, 0.3) is 0 Å². The summed E-state index contributed by atoms with van der Waals surface area (Å²) in [6.45, 7) is 0. The molecular weight excluding hydrogens is 240 g/mol. The van der Waals surface area contributed by atoms with Crippen LogP contribution in [-0.4, -0.2) is 36.8 Å². The molecule has 0 saturated heterocycles. The van der Waals surface area contributed by atoms with E-state index < -0.39 is 0 Å². The minimum absolute atomic E-state index is 0. The molecule has 0 fully saturated rings. The molecule has 0 atom stereocenters. The van der Waals surface area contributed by atoms with Crippen LogP contribution in [0.2, 0.25) is 0 Å². The Kier molecular flexibility index (Phi) is 180. The summed E-state index contributed by atoms with van der Waals surface area (Å²) in [5.74, 6) is 0. The van der Waals surface area contributed by atoms with Gasteiger partial charge in [0, 0.05) is 19.5 Å². The predicted octanol–water partition coefficient (Wildman–Crippen LogP) is -2.53. The summed E-state index contributed by atoms with van der Waals surface area (Å²) in [6.07, 6.45) is 0. The molecule has 0 rings (SSSR count). The van der Waals surface area contributed by atoms with Crippen LogP contribution in [0.3, 0.4) is 0 Å². The molecule has 0 aromatic carbocycles. The van der Waals surface area contributed by atoms with Gasteiger partial charge in [-0.15, -0.1) is 0 Å². The molecule has 0 amide bonds. The Morgan fingerprint density at radius 2 is 1.00 bits per heavy atom. The Hall–Kier alpha value is 2.06. The molecule has 0 radical (unpaired) electrons. The van der Waals surface area contributed by atoms with Crippen molar-refractivity contribution in [3.63, 3.8) is 0 Å². The molecule has 0 saturated carbocycles. The van der Waals surface area contributed by atoms with E-state index in [0.717, 1.165) is 0 Å². The molecule has 0 heterocycles. The molecule has 0 unspecified atom stereocenters. The standard InChI is InChI=1S/In.H2S.H4Si.Zn.3H/h;1H2;1H4;;;;. The van der Waals surface area contributed by atoms with Crippen molar-refractivity contribution >= 4 is 50.3 Å². The van der Waals surface area contributed by atoms with Gasteiger partial charge in [-0.3, -0.25) is 0 Å². The normalized spacial score (nSPS) is 0. The monoisotopic (exact) mass is 248 g/mol. The minimum atomic E-state index is 0. The smallest absolute Gasteiger partial charge is 0 e. The largest absolute Gasteiger partial charge is 0.0149 e. The third-order valence-corrected chi connectivity index (χ3v) is 0. The quantitative estimate of drug-likeness (QED) is 0.416. The van der Waals surface area contributed by atoms with Gasteiger partial charge < -0.3 is 0 Å². The Morgan fingerprint density at radius 3 is 1.00 bits per heavy atom. The Bertz CT molecular complexity index is 8.00. The van der Waals surface area contributed by atoms with Crippen molar-refractivity contribution in [3.8, 4) is 0 Å². The van der Waals surface area contributed by atoms with Gasteiger partial charge in [0.05, 0.1) is 0 Å². The average Bonchev–Trinajstić information content (AvgIpc) is 0. The Balaban J connectivity index is 0. The van der Waals surface area contributed by atoms with Crippen molar-refractivity contribution < 1.29 is 19.5 Å². The summed E-state index contributed by atoms with van der Waals surface area (Å²) in [7, 11) is 0. The summed E-state index contributed by atoms with van der Waals surface area (Å²) < 4.78 is 0. The van der Waals surface area contributed by atoms with Crippen molar-refractivity contribution in [2.24, 2.45) is 0 Å². The zero-order valence-electron chi connectivity index (χ0n) is 1.21. The van der Waals surface area contributed by atoms with Crippen molar-refractivity contribution in [3.05, 3.63) is 0 Å². The van der Waals surface area contributed by atoms with E-state index in [1.54, 1.807) is 0 Å². The summed E-state index contributed by atoms with van der Waals surface area (Å²) in [5.41, 5.74) is 0. The van der Waals surface area contributed by atoms with E-state index in [4.69, 9.17) is 0 Å². The second-order valence-corrected chi connectivity index (χ2v) is 0. The van der Waals surface area contributed by atoms with Gasteiger partial charge in [0.2, 0.25) is 0 Å². The van der Waals surface area contributed by atoms with Crippen LogP contribution in [0.15, 0.2) is 0 Å². The number of hydrogen-bond donors (Lipinski definition) is 0. The van der Waals surface area contributed by atoms with E-state index in [1.165, 1.54) is 0 Å². The van der Waals surface area contributed by atoms with E-state index in [0.29, 0.717) is 0 Å². The topological polar surface area (TPSA) is 0 Å². The fraction of sp³-hybridized carbons (Fsp3) is 0. The first-order valence-corrected chi connectivity index (χ1v) is 0. The van der Waals surface area contributed by atoms with Gasteiger partial charge in [-0.25, -0.2) is 0 Å². The zero-order chi connectivity index (χ0) is 0. The van der Waals surface area contributed by atoms with Crippen LogP contribution in [-0.2, 0) is 19.5 Å². The Morgan fingerprint density at radius 1 is 1.00 bits per heavy atom. The van der Waals surface area contributed by atoms with Crippen molar-refractivity contribution in [1.29, 1.82) is 0 Å². The maximum absolute atomic E-state index is 0. The van der Waals surface area contributed by atoms with Gasteiger partial charge in [0.1, 0.15) is 0 Å². The second-order valence-electron chi connectivity index (χ2n) is 0. The molecule has 0 bridgehead atoms. The fourth-order valence-corrected chi connectivity index (χ4v) is 0. The van der Waals surface area contributed by atoms with Crippen molar-refractivity contribution in [1.82, 2.24) is 0 Å². The number of rotatable bonds is 0. The summed E-state index contributed by atoms with van der Waals surface area (Å²) in [6, 6.07) is 0. The molecular formula is H9InSSiZn. The SMILES string of the molecule is S.[InH3].[SiH4].[Zn]. The summed E-state index contributed by atoms with van der Waals surface area (Å²) in [4.78, 5) is 0. The maximum Gasteiger partial charge on any atom is 0 e. The number of hydrogen-bond acceptors (Lipinski definition) is 0. The molecule has 0 N–H and O–H groups in total. The van der Waals surface area contributed by atoms with Gasteiger partial charge in [0.15, 0.2) is 0 Å². The van der Waals surface area contributed by atoms with Crippen LogP contribution >= 0.6 is 13.5 Å². The average molecular weight is 249 g/mol. The molecule has 0 aromatic rings. The molecule has 24 valence electrons. The van der Waals surface area contributed by atoms with Crippen LogP contribution in [0, 0.1) is 0 Å². The molecule has 0 aliphatic heterocycles. The van der Waals surface area contributed by atoms with E-state index >= 15 is 0 Å². The minimum Gasteiger partial charge on any atom is -0.0149 e. The van der Waals surface area contributed by atoms with Crippen LogP contribution in [0.4, 0.5) is 0 Å². The van der Waals surface area contributed by atoms with Crippen molar-refractivity contribution in [2.75, 3.05) is 0 Å². The first-order chi connectivity index (χ1) is 0. The van der Waals surface area contributed by atoms with E-state index in [1.807, 2.05) is 0 Å². The van der Waals surface area contributed by atoms with Crippen molar-refractivity contribution in [2.45, 2.75) is 0 Å². The zero-order valence-corrected chi connectivity index (χ0v) is 5.17. The van der Waals surface area contributed by atoms with Crippen LogP contribution in [0.25, 0.3) is 0 Å². The first-order valence-electron chi connectivity index (χ1n) is 0. The summed E-state index contributed by atoms with van der Waals surface area (Å²) in [5, 5.41) is 0. The molecule has 0 nitrogen and oxygen atoms in total. The maximum atomic E-state index is 0. The summed E-state index contributed by atoms with van der Waals surface area (Å²) >= 11 is 0. The fourth-order valence-electron chi connectivity index (χ4n) is 0. The molecule has 0 aliphatic rings. The molecule has 4 heavy (non-hydrogen) atoms. The van der Waals surface area contributed by atoms with Crippen LogP contribution in [0.1, 0.15) is 0 Å². The van der Waals surface area contributed by atoms with Crippen LogP contribution in [0.5, 0.6) is 0 Å². The van der Waals surface area contributed by atoms with E-state index in [-0.39, 0.29) is 69.8 Å². The van der Waals surface area contributed by atoms with Gasteiger partial charge in [-0.05, 0) is 11.0 Å². The van der Waals surface area contributed by atoms with E-state index in [2.05, 4.69) is 0 Å². The van der Waals surface area contributed by atoms with Gasteiger partial charge >= 0.3 is 25.8 Å².